The summed E-state index contributed by atoms with van der Waals surface area (Å²) in [6, 6.07) is 27.0. The molecule has 10 nitrogen and oxygen atoms in total. The van der Waals surface area contributed by atoms with Crippen LogP contribution in [0.15, 0.2) is 101 Å². The van der Waals surface area contributed by atoms with Crippen LogP contribution in [0.2, 0.25) is 0 Å². The standard InChI is InChI=1S/C37H34N2O8/c1-23(39(35(42)30(36(43)44)21-34(40)41)22-24-14-15-25-8-3-4-9-28(25)20-24)29(26-16-18-27(19-17-26)37(45)46-2)10-7-13-33-38-31-11-5-6-12-32(31)47-33/h3-9,11-20,23,29-30H,10,21-22H2,1-2H3,(H,40,41)(H,43,44)/b13-7+/t23-,29+,30+/m0/s1. The van der Waals surface area contributed by atoms with Crippen LogP contribution in [0, 0.1) is 5.92 Å². The number of nitrogens with zero attached hydrogens (tertiary/aromatic N) is 2. The number of benzene rings is 4. The first-order chi connectivity index (χ1) is 22.6. The lowest BCUT2D eigenvalue weighted by atomic mass is 9.86. The van der Waals surface area contributed by atoms with Crippen LogP contribution in [0.1, 0.15) is 53.1 Å². The summed E-state index contributed by atoms with van der Waals surface area (Å²) >= 11 is 0. The maximum absolute atomic E-state index is 14.0. The van der Waals surface area contributed by atoms with Gasteiger partial charge in [-0.15, -0.1) is 0 Å². The fraction of sp³-hybridized carbons (Fsp3) is 0.216. The molecule has 5 rings (SSSR count). The average molecular weight is 635 g/mol. The molecule has 0 spiro atoms. The van der Waals surface area contributed by atoms with Gasteiger partial charge in [0.1, 0.15) is 11.4 Å². The van der Waals surface area contributed by atoms with E-state index in [1.165, 1.54) is 12.0 Å². The number of aromatic nitrogens is 1. The molecule has 0 aliphatic carbocycles. The number of hydrogen-bond acceptors (Lipinski definition) is 7. The van der Waals surface area contributed by atoms with Crippen LogP contribution in [-0.4, -0.2) is 57.1 Å². The van der Waals surface area contributed by atoms with Crippen molar-refractivity contribution < 1.29 is 38.5 Å². The predicted octanol–water partition coefficient (Wildman–Crippen LogP) is 6.55. The second-order valence-corrected chi connectivity index (χ2v) is 11.3. The quantitative estimate of drug-likeness (QED) is 0.109. The molecule has 1 aromatic heterocycles. The Morgan fingerprint density at radius 2 is 1.62 bits per heavy atom. The van der Waals surface area contributed by atoms with Crippen molar-refractivity contribution in [3.05, 3.63) is 120 Å². The van der Waals surface area contributed by atoms with Gasteiger partial charge in [0, 0.05) is 18.5 Å². The number of carboxylic acids is 2. The number of carbonyl (C=O) groups excluding carboxylic acids is 2. The van der Waals surface area contributed by atoms with Crippen molar-refractivity contribution in [3.63, 3.8) is 0 Å². The van der Waals surface area contributed by atoms with Crippen molar-refractivity contribution in [3.8, 4) is 0 Å². The minimum Gasteiger partial charge on any atom is -0.481 e. The van der Waals surface area contributed by atoms with E-state index < -0.39 is 48.1 Å². The second-order valence-electron chi connectivity index (χ2n) is 11.3. The number of methoxy groups -OCH3 is 1. The Balaban J connectivity index is 1.53. The molecule has 0 unspecified atom stereocenters. The number of hydrogen-bond donors (Lipinski definition) is 2. The molecule has 1 heterocycles. The number of rotatable bonds is 13. The minimum absolute atomic E-state index is 0.0415. The Morgan fingerprint density at radius 1 is 0.915 bits per heavy atom. The van der Waals surface area contributed by atoms with Gasteiger partial charge < -0.3 is 24.3 Å². The number of esters is 1. The molecule has 4 aromatic carbocycles. The first-order valence-electron chi connectivity index (χ1n) is 15.1. The number of para-hydroxylation sites is 2. The first-order valence-corrected chi connectivity index (χ1v) is 15.1. The summed E-state index contributed by atoms with van der Waals surface area (Å²) in [5.41, 5.74) is 3.22. The van der Waals surface area contributed by atoms with E-state index in [0.29, 0.717) is 29.0 Å². The van der Waals surface area contributed by atoms with Crippen LogP contribution in [-0.2, 0) is 25.7 Å². The monoisotopic (exact) mass is 634 g/mol. The zero-order valence-corrected chi connectivity index (χ0v) is 25.9. The van der Waals surface area contributed by atoms with Crippen LogP contribution in [0.25, 0.3) is 27.9 Å². The number of carboxylic acid groups (broad SMARTS) is 2. The summed E-state index contributed by atoms with van der Waals surface area (Å²) in [6.07, 6.45) is 3.12. The minimum atomic E-state index is -1.78. The molecule has 0 aliphatic rings. The number of oxazole rings is 1. The van der Waals surface area contributed by atoms with Gasteiger partial charge in [0.25, 0.3) is 0 Å². The second kappa shape index (κ2) is 14.6. The van der Waals surface area contributed by atoms with Gasteiger partial charge in [0.2, 0.25) is 11.8 Å². The third-order valence-corrected chi connectivity index (χ3v) is 8.22. The highest BCUT2D eigenvalue weighted by Crippen LogP contribution is 2.32. The molecule has 0 radical (unpaired) electrons. The van der Waals surface area contributed by atoms with Gasteiger partial charge in [-0.2, -0.15) is 0 Å². The molecule has 0 fully saturated rings. The number of carbonyl (C=O) groups is 4. The van der Waals surface area contributed by atoms with Crippen LogP contribution < -0.4 is 0 Å². The van der Waals surface area contributed by atoms with Crippen molar-refractivity contribution in [1.29, 1.82) is 0 Å². The van der Waals surface area contributed by atoms with E-state index in [4.69, 9.17) is 9.15 Å². The Bertz CT molecular complexity index is 1910. The van der Waals surface area contributed by atoms with Crippen LogP contribution in [0.5, 0.6) is 0 Å². The molecule has 0 aliphatic heterocycles. The van der Waals surface area contributed by atoms with E-state index in [0.717, 1.165) is 21.9 Å². The summed E-state index contributed by atoms with van der Waals surface area (Å²) in [5.74, 6) is -6.00. The third-order valence-electron chi connectivity index (χ3n) is 8.22. The Labute approximate surface area is 270 Å². The molecule has 10 heteroatoms. The van der Waals surface area contributed by atoms with E-state index in [1.807, 2.05) is 79.7 Å². The fourth-order valence-corrected chi connectivity index (χ4v) is 5.70. The fourth-order valence-electron chi connectivity index (χ4n) is 5.70. The summed E-state index contributed by atoms with van der Waals surface area (Å²) in [5, 5.41) is 21.4. The number of allylic oxidation sites excluding steroid dienone is 1. The van der Waals surface area contributed by atoms with E-state index in [1.54, 1.807) is 30.3 Å². The van der Waals surface area contributed by atoms with E-state index in [9.17, 15) is 29.4 Å². The molecule has 3 atom stereocenters. The topological polar surface area (TPSA) is 147 Å². The van der Waals surface area contributed by atoms with Crippen molar-refractivity contribution in [2.45, 2.75) is 38.3 Å². The highest BCUT2D eigenvalue weighted by molar-refractivity contribution is 6.00. The third kappa shape index (κ3) is 7.73. The maximum Gasteiger partial charge on any atom is 0.337 e. The number of amides is 1. The molecule has 240 valence electrons. The number of aliphatic carboxylic acids is 2. The lowest BCUT2D eigenvalue weighted by Crippen LogP contribution is -2.46. The normalized spacial score (nSPS) is 13.3. The lowest BCUT2D eigenvalue weighted by Gasteiger charge is -2.36. The van der Waals surface area contributed by atoms with Gasteiger partial charge in [0.05, 0.1) is 19.1 Å². The van der Waals surface area contributed by atoms with Crippen molar-refractivity contribution in [2.24, 2.45) is 5.92 Å². The summed E-state index contributed by atoms with van der Waals surface area (Å²) in [4.78, 5) is 55.9. The van der Waals surface area contributed by atoms with Gasteiger partial charge in [-0.3, -0.25) is 14.4 Å². The molecule has 2 N–H and O–H groups in total. The van der Waals surface area contributed by atoms with Crippen LogP contribution >= 0.6 is 0 Å². The van der Waals surface area contributed by atoms with Crippen molar-refractivity contribution >= 4 is 51.8 Å². The smallest absolute Gasteiger partial charge is 0.337 e. The number of ether oxygens (including phenoxy) is 1. The van der Waals surface area contributed by atoms with E-state index in [2.05, 4.69) is 4.98 Å². The molecular formula is C37H34N2O8. The Morgan fingerprint density at radius 3 is 2.30 bits per heavy atom. The van der Waals surface area contributed by atoms with E-state index >= 15 is 0 Å². The van der Waals surface area contributed by atoms with Gasteiger partial charge in [-0.1, -0.05) is 66.7 Å². The van der Waals surface area contributed by atoms with Gasteiger partial charge >= 0.3 is 17.9 Å². The SMILES string of the molecule is COC(=O)c1ccc([C@H](C/C=C/c2nc3ccccc3o2)[C@H](C)N(Cc2ccc3ccccc3c2)C(=O)[C@@H](CC(=O)O)C(=O)O)cc1. The maximum atomic E-state index is 14.0. The Kier molecular flexibility index (Phi) is 10.1. The van der Waals surface area contributed by atoms with Crippen LogP contribution in [0.4, 0.5) is 0 Å². The lowest BCUT2D eigenvalue weighted by molar-refractivity contribution is -0.157. The van der Waals surface area contributed by atoms with Gasteiger partial charge in [0.15, 0.2) is 5.58 Å². The van der Waals surface area contributed by atoms with E-state index in [-0.39, 0.29) is 6.54 Å². The van der Waals surface area contributed by atoms with Gasteiger partial charge in [-0.25, -0.2) is 9.78 Å². The highest BCUT2D eigenvalue weighted by Gasteiger charge is 2.37. The zero-order chi connectivity index (χ0) is 33.5. The summed E-state index contributed by atoms with van der Waals surface area (Å²) in [7, 11) is 1.30. The first kappa shape index (κ1) is 32.6. The number of fused-ring (bicyclic) bond motifs is 2. The molecular weight excluding hydrogens is 600 g/mol. The molecule has 0 saturated heterocycles. The molecule has 47 heavy (non-hydrogen) atoms. The highest BCUT2D eigenvalue weighted by atomic mass is 16.5. The van der Waals surface area contributed by atoms with Crippen molar-refractivity contribution in [2.75, 3.05) is 7.11 Å². The molecule has 5 aromatic rings. The summed E-state index contributed by atoms with van der Waals surface area (Å²) < 4.78 is 10.7. The van der Waals surface area contributed by atoms with Crippen LogP contribution in [0.3, 0.4) is 0 Å². The van der Waals surface area contributed by atoms with Crippen molar-refractivity contribution in [1.82, 2.24) is 9.88 Å². The predicted molar refractivity (Wildman–Crippen MR) is 176 cm³/mol. The zero-order valence-electron chi connectivity index (χ0n) is 25.9. The van der Waals surface area contributed by atoms with Gasteiger partial charge in [-0.05, 0) is 71.7 Å². The Hall–Kier alpha value is -5.77. The molecule has 0 bridgehead atoms. The molecule has 1 amide bonds. The summed E-state index contributed by atoms with van der Waals surface area (Å²) in [6.45, 7) is 1.85. The average Bonchev–Trinajstić information content (AvgIpc) is 3.50. The molecule has 0 saturated carbocycles. The largest absolute Gasteiger partial charge is 0.481 e.